The molecule has 4 nitrogen and oxygen atoms in total. The minimum Gasteiger partial charge on any atom is -0.303 e. The van der Waals surface area contributed by atoms with Crippen molar-refractivity contribution in [3.05, 3.63) is 0 Å². The fourth-order valence-corrected chi connectivity index (χ4v) is 3.11. The molecule has 1 fully saturated rings. The van der Waals surface area contributed by atoms with Crippen LogP contribution in [0.2, 0.25) is 0 Å². The van der Waals surface area contributed by atoms with Gasteiger partial charge in [0.15, 0.2) is 0 Å². The van der Waals surface area contributed by atoms with Gasteiger partial charge in [0.2, 0.25) is 0 Å². The molecule has 0 atom stereocenters. The molecule has 1 aliphatic rings. The van der Waals surface area contributed by atoms with E-state index in [9.17, 15) is 8.42 Å². The molecule has 0 unspecified atom stereocenters. The molecule has 0 bridgehead atoms. The molecule has 0 aromatic carbocycles. The topological polar surface area (TPSA) is 57.6 Å². The van der Waals surface area contributed by atoms with Crippen LogP contribution >= 0.6 is 0 Å². The zero-order valence-electron chi connectivity index (χ0n) is 15.6. The Morgan fingerprint density at radius 1 is 0.913 bits per heavy atom. The van der Waals surface area contributed by atoms with Gasteiger partial charge < -0.3 is 4.90 Å². The van der Waals surface area contributed by atoms with Crippen molar-refractivity contribution in [1.82, 2.24) is 4.90 Å². The summed E-state index contributed by atoms with van der Waals surface area (Å²) in [4.78, 5) is 2.71. The summed E-state index contributed by atoms with van der Waals surface area (Å²) in [5, 5.41) is 0. The van der Waals surface area contributed by atoms with Crippen LogP contribution in [-0.4, -0.2) is 43.8 Å². The van der Waals surface area contributed by atoms with Crippen molar-refractivity contribution in [2.24, 2.45) is 5.92 Å². The van der Waals surface area contributed by atoms with Crippen LogP contribution in [0.3, 0.4) is 0 Å². The van der Waals surface area contributed by atoms with E-state index in [-0.39, 0.29) is 0 Å². The normalized spacial score (nSPS) is 16.9. The fraction of sp³-hybridized carbons (Fsp3) is 1.00. The predicted octanol–water partition coefficient (Wildman–Crippen LogP) is 4.75. The number of piperidine rings is 1. The summed E-state index contributed by atoms with van der Waals surface area (Å²) >= 11 is 0. The molecule has 0 spiro atoms. The van der Waals surface area contributed by atoms with Crippen LogP contribution in [-0.2, 0) is 10.1 Å². The molecule has 1 N–H and O–H groups in total. The molecule has 1 saturated heterocycles. The molecule has 23 heavy (non-hydrogen) atoms. The zero-order valence-corrected chi connectivity index (χ0v) is 16.4. The third-order valence-electron chi connectivity index (χ3n) is 4.50. The Kier molecular flexibility index (Phi) is 14.2. The lowest BCUT2D eigenvalue weighted by Gasteiger charge is -2.32. The first-order chi connectivity index (χ1) is 10.9. The Balaban J connectivity index is 0.000000841. The van der Waals surface area contributed by atoms with Crippen molar-refractivity contribution in [3.8, 4) is 0 Å². The fourth-order valence-electron chi connectivity index (χ4n) is 3.11. The van der Waals surface area contributed by atoms with E-state index in [1.165, 1.54) is 90.3 Å². The van der Waals surface area contributed by atoms with Gasteiger partial charge in [-0.1, -0.05) is 65.2 Å². The molecule has 0 amide bonds. The van der Waals surface area contributed by atoms with Crippen LogP contribution < -0.4 is 0 Å². The van der Waals surface area contributed by atoms with Gasteiger partial charge in [-0.25, -0.2) is 0 Å². The molecule has 1 aliphatic heterocycles. The summed E-state index contributed by atoms with van der Waals surface area (Å²) < 4.78 is 25.9. The number of unbranched alkanes of at least 4 members (excludes halogenated alkanes) is 6. The van der Waals surface area contributed by atoms with Crippen LogP contribution in [0.15, 0.2) is 0 Å². The van der Waals surface area contributed by atoms with Crippen molar-refractivity contribution in [2.75, 3.05) is 25.9 Å². The van der Waals surface area contributed by atoms with Gasteiger partial charge in [0.05, 0.1) is 6.26 Å². The third kappa shape index (κ3) is 18.1. The maximum atomic E-state index is 9.19. The molecule has 1 heterocycles. The molecule has 5 heteroatoms. The average Bonchev–Trinajstić information content (AvgIpc) is 2.48. The Bertz CT molecular complexity index is 341. The second kappa shape index (κ2) is 14.2. The highest BCUT2D eigenvalue weighted by atomic mass is 32.2. The first kappa shape index (κ1) is 22.9. The summed E-state index contributed by atoms with van der Waals surface area (Å²) in [5.74, 6) is 1.05. The maximum absolute atomic E-state index is 9.19. The summed E-state index contributed by atoms with van der Waals surface area (Å²) in [5.41, 5.74) is 0. The second-order valence-corrected chi connectivity index (χ2v) is 8.39. The molecule has 140 valence electrons. The summed E-state index contributed by atoms with van der Waals surface area (Å²) in [7, 11) is -3.67. The predicted molar refractivity (Wildman–Crippen MR) is 99.5 cm³/mol. The quantitative estimate of drug-likeness (QED) is 0.456. The minimum atomic E-state index is -3.67. The molecule has 1 rings (SSSR count). The molecule has 0 radical (unpaired) electrons. The molecule has 0 aliphatic carbocycles. The molecular formula is C18H39NO3S. The zero-order chi connectivity index (χ0) is 17.6. The SMILES string of the molecule is CCCCCCCCN1CCC(CCCC)CC1.CS(=O)(=O)O. The monoisotopic (exact) mass is 349 g/mol. The van der Waals surface area contributed by atoms with Gasteiger partial charge >= 0.3 is 0 Å². The largest absolute Gasteiger partial charge is 0.303 e. The highest BCUT2D eigenvalue weighted by molar-refractivity contribution is 7.85. The Morgan fingerprint density at radius 3 is 1.91 bits per heavy atom. The first-order valence-electron chi connectivity index (χ1n) is 9.51. The van der Waals surface area contributed by atoms with Gasteiger partial charge in [-0.05, 0) is 44.8 Å². The van der Waals surface area contributed by atoms with Gasteiger partial charge in [-0.15, -0.1) is 0 Å². The number of likely N-dealkylation sites (tertiary alicyclic amines) is 1. The molecule has 0 saturated carbocycles. The molecular weight excluding hydrogens is 310 g/mol. The third-order valence-corrected chi connectivity index (χ3v) is 4.50. The summed E-state index contributed by atoms with van der Waals surface area (Å²) in [6.07, 6.45) is 16.6. The number of nitrogens with zero attached hydrogens (tertiary/aromatic N) is 1. The maximum Gasteiger partial charge on any atom is 0.261 e. The number of hydrogen-bond acceptors (Lipinski definition) is 3. The van der Waals surface area contributed by atoms with Crippen molar-refractivity contribution < 1.29 is 13.0 Å². The Hall–Kier alpha value is -0.130. The van der Waals surface area contributed by atoms with E-state index >= 15 is 0 Å². The highest BCUT2D eigenvalue weighted by Crippen LogP contribution is 2.22. The van der Waals surface area contributed by atoms with Crippen molar-refractivity contribution in [2.45, 2.75) is 84.5 Å². The van der Waals surface area contributed by atoms with E-state index in [0.717, 1.165) is 5.92 Å². The van der Waals surface area contributed by atoms with Crippen molar-refractivity contribution in [1.29, 1.82) is 0 Å². The standard InChI is InChI=1S/C17H35N.CH4O3S/c1-3-5-7-8-9-10-14-18-15-12-17(13-16-18)11-6-4-2;1-5(2,3)4/h17H,3-16H2,1-2H3;1H3,(H,2,3,4). The van der Waals surface area contributed by atoms with Crippen LogP contribution in [0.25, 0.3) is 0 Å². The highest BCUT2D eigenvalue weighted by Gasteiger charge is 2.17. The number of rotatable bonds is 10. The van der Waals surface area contributed by atoms with Gasteiger partial charge in [-0.3, -0.25) is 4.55 Å². The lowest BCUT2D eigenvalue weighted by molar-refractivity contribution is 0.174. The number of hydrogen-bond donors (Lipinski definition) is 1. The lowest BCUT2D eigenvalue weighted by atomic mass is 9.91. The van der Waals surface area contributed by atoms with Gasteiger partial charge in [0, 0.05) is 0 Å². The van der Waals surface area contributed by atoms with E-state index in [2.05, 4.69) is 18.7 Å². The second-order valence-electron chi connectivity index (χ2n) is 6.93. The van der Waals surface area contributed by atoms with E-state index in [1.54, 1.807) is 0 Å². The lowest BCUT2D eigenvalue weighted by Crippen LogP contribution is -2.34. The average molecular weight is 350 g/mol. The Morgan fingerprint density at radius 2 is 1.39 bits per heavy atom. The van der Waals surface area contributed by atoms with E-state index in [1.807, 2.05) is 0 Å². The summed E-state index contributed by atoms with van der Waals surface area (Å²) in [6.45, 7) is 8.73. The van der Waals surface area contributed by atoms with Gasteiger partial charge in [0.25, 0.3) is 10.1 Å². The summed E-state index contributed by atoms with van der Waals surface area (Å²) in [6, 6.07) is 0. The Labute approximate surface area is 144 Å². The van der Waals surface area contributed by atoms with Crippen LogP contribution in [0.1, 0.15) is 84.5 Å². The van der Waals surface area contributed by atoms with Gasteiger partial charge in [0.1, 0.15) is 0 Å². The van der Waals surface area contributed by atoms with Crippen molar-refractivity contribution in [3.63, 3.8) is 0 Å². The smallest absolute Gasteiger partial charge is 0.261 e. The van der Waals surface area contributed by atoms with Crippen LogP contribution in [0.5, 0.6) is 0 Å². The van der Waals surface area contributed by atoms with E-state index in [0.29, 0.717) is 6.26 Å². The van der Waals surface area contributed by atoms with Gasteiger partial charge in [-0.2, -0.15) is 8.42 Å². The molecule has 0 aromatic rings. The van der Waals surface area contributed by atoms with Crippen LogP contribution in [0.4, 0.5) is 0 Å². The minimum absolute atomic E-state index is 0.715. The van der Waals surface area contributed by atoms with E-state index < -0.39 is 10.1 Å². The van der Waals surface area contributed by atoms with Crippen molar-refractivity contribution >= 4 is 10.1 Å². The van der Waals surface area contributed by atoms with Crippen LogP contribution in [0, 0.1) is 5.92 Å². The van der Waals surface area contributed by atoms with E-state index in [4.69, 9.17) is 4.55 Å². The first-order valence-corrected chi connectivity index (χ1v) is 11.4. The molecule has 0 aromatic heterocycles.